The van der Waals surface area contributed by atoms with Crippen molar-refractivity contribution in [1.29, 1.82) is 0 Å². The summed E-state index contributed by atoms with van der Waals surface area (Å²) in [6.45, 7) is 3.10. The molecule has 1 fully saturated rings. The van der Waals surface area contributed by atoms with Gasteiger partial charge in [-0.15, -0.1) is 0 Å². The molecule has 2 aromatic rings. The van der Waals surface area contributed by atoms with Crippen molar-refractivity contribution >= 4 is 17.7 Å². The number of anilines is 1. The Morgan fingerprint density at radius 3 is 1.83 bits per heavy atom. The fourth-order valence-corrected chi connectivity index (χ4v) is 6.81. The molecule has 1 heterocycles. The monoisotopic (exact) mass is 725 g/mol. The Labute approximate surface area is 313 Å². The first-order chi connectivity index (χ1) is 25.3. The minimum absolute atomic E-state index is 0.0539. The van der Waals surface area contributed by atoms with Gasteiger partial charge in [0.1, 0.15) is 24.9 Å². The first kappa shape index (κ1) is 43.4. The highest BCUT2D eigenvalue weighted by atomic mass is 16.7. The molecule has 10 heteroatoms. The molecule has 10 nitrogen and oxygen atoms in total. The lowest BCUT2D eigenvalue weighted by molar-refractivity contribution is -0.254. The number of aliphatic hydroxyl groups excluding tert-OH is 2. The minimum atomic E-state index is -1.28. The lowest BCUT2D eigenvalue weighted by Crippen LogP contribution is -2.63. The van der Waals surface area contributed by atoms with Gasteiger partial charge in [0.05, 0.1) is 6.04 Å². The van der Waals surface area contributed by atoms with Crippen LogP contribution in [0.15, 0.2) is 60.7 Å². The molecule has 3 rings (SSSR count). The number of methoxy groups -OCH3 is 1. The average molecular weight is 726 g/mol. The largest absolute Gasteiger partial charge is 0.444 e. The number of benzene rings is 2. The summed E-state index contributed by atoms with van der Waals surface area (Å²) in [7, 11) is 1.43. The third-order valence-corrected chi connectivity index (χ3v) is 10.0. The zero-order chi connectivity index (χ0) is 37.4. The average Bonchev–Trinajstić information content (AvgIpc) is 3.17. The molecule has 0 bridgehead atoms. The number of ether oxygens (including phenoxy) is 3. The molecule has 2 amide bonds. The van der Waals surface area contributed by atoms with E-state index >= 15 is 0 Å². The molecule has 292 valence electrons. The number of nitrogens with two attached hydrogens (primary N) is 1. The fourth-order valence-electron chi connectivity index (χ4n) is 6.81. The summed E-state index contributed by atoms with van der Waals surface area (Å²) in [5, 5.41) is 21.4. The van der Waals surface area contributed by atoms with Gasteiger partial charge in [-0.1, -0.05) is 145 Å². The van der Waals surface area contributed by atoms with Crippen molar-refractivity contribution in [3.8, 4) is 0 Å². The second-order valence-corrected chi connectivity index (χ2v) is 14.3. The van der Waals surface area contributed by atoms with Gasteiger partial charge in [0, 0.05) is 38.9 Å². The van der Waals surface area contributed by atoms with Crippen molar-refractivity contribution in [3.63, 3.8) is 0 Å². The zero-order valence-electron chi connectivity index (χ0n) is 31.9. The van der Waals surface area contributed by atoms with E-state index in [2.05, 4.69) is 6.92 Å². The minimum Gasteiger partial charge on any atom is -0.444 e. The number of para-hydroxylation sites is 1. The first-order valence-corrected chi connectivity index (χ1v) is 20.0. The molecular weight excluding hydrogens is 658 g/mol. The number of unbranched alkanes of at least 4 members (excludes halogenated alkanes) is 14. The molecule has 0 unspecified atom stereocenters. The van der Waals surface area contributed by atoms with Crippen LogP contribution in [0.5, 0.6) is 0 Å². The molecule has 4 N–H and O–H groups in total. The Balaban J connectivity index is 1.50. The first-order valence-electron chi connectivity index (χ1n) is 20.0. The van der Waals surface area contributed by atoms with E-state index in [9.17, 15) is 19.8 Å². The molecule has 2 aromatic carbocycles. The maximum absolute atomic E-state index is 13.7. The molecule has 0 saturated carbocycles. The summed E-state index contributed by atoms with van der Waals surface area (Å²) >= 11 is 0. The van der Waals surface area contributed by atoms with E-state index < -0.39 is 36.7 Å². The SMILES string of the molecule is CCCCCCCCCCCCCCCCCC(=O)N(CCCN(C(=O)OCc1ccccc1)c1ccccc1)C[C@H]1O[C@H](OC)[C@H](N)[C@@H](O)[C@@H]1O. The van der Waals surface area contributed by atoms with Gasteiger partial charge in [-0.3, -0.25) is 9.69 Å². The predicted molar refractivity (Wildman–Crippen MR) is 207 cm³/mol. The molecule has 0 aromatic heterocycles. The van der Waals surface area contributed by atoms with E-state index in [4.69, 9.17) is 19.9 Å². The third kappa shape index (κ3) is 15.9. The van der Waals surface area contributed by atoms with Crippen LogP contribution >= 0.6 is 0 Å². The second kappa shape index (κ2) is 25.9. The van der Waals surface area contributed by atoms with Crippen LogP contribution in [0.25, 0.3) is 0 Å². The van der Waals surface area contributed by atoms with Crippen molar-refractivity contribution in [2.24, 2.45) is 5.73 Å². The lowest BCUT2D eigenvalue weighted by Gasteiger charge is -2.42. The van der Waals surface area contributed by atoms with Crippen molar-refractivity contribution < 1.29 is 34.0 Å². The van der Waals surface area contributed by atoms with Crippen molar-refractivity contribution in [2.45, 2.75) is 153 Å². The number of carbonyl (C=O) groups is 2. The van der Waals surface area contributed by atoms with Crippen LogP contribution in [0.2, 0.25) is 0 Å². The van der Waals surface area contributed by atoms with Gasteiger partial charge in [-0.05, 0) is 30.5 Å². The molecule has 1 saturated heterocycles. The molecule has 0 aliphatic carbocycles. The summed E-state index contributed by atoms with van der Waals surface area (Å²) in [4.78, 5) is 30.2. The Morgan fingerprint density at radius 2 is 1.27 bits per heavy atom. The standard InChI is InChI=1S/C42H67N3O7/c1-3-4-5-6-7-8-9-10-11-12-13-14-15-16-23-29-37(46)44(32-36-39(47)40(48)38(43)41(50-2)52-36)30-24-31-45(35-27-21-18-22-28-35)42(49)51-33-34-25-19-17-20-26-34/h17-22,25-28,36,38-41,47-48H,3-16,23-24,29-33,43H2,1-2H3/t36-,38-,39-,40-,41+/m1/s1. The van der Waals surface area contributed by atoms with Crippen LogP contribution in [0.4, 0.5) is 10.5 Å². The molecular formula is C42H67N3O7. The highest BCUT2D eigenvalue weighted by Gasteiger charge is 2.43. The van der Waals surface area contributed by atoms with E-state index in [1.807, 2.05) is 60.7 Å². The molecule has 0 spiro atoms. The Kier molecular flexibility index (Phi) is 21.6. The summed E-state index contributed by atoms with van der Waals surface area (Å²) < 4.78 is 16.9. The van der Waals surface area contributed by atoms with Crippen LogP contribution in [0.1, 0.15) is 122 Å². The number of amides is 2. The molecule has 0 radical (unpaired) electrons. The third-order valence-electron chi connectivity index (χ3n) is 10.0. The van der Waals surface area contributed by atoms with Crippen LogP contribution in [0, 0.1) is 0 Å². The summed E-state index contributed by atoms with van der Waals surface area (Å²) in [5.41, 5.74) is 7.60. The van der Waals surface area contributed by atoms with Crippen LogP contribution < -0.4 is 10.6 Å². The van der Waals surface area contributed by atoms with Crippen molar-refractivity contribution in [2.75, 3.05) is 31.6 Å². The van der Waals surface area contributed by atoms with Gasteiger partial charge in [-0.25, -0.2) is 4.79 Å². The number of nitrogens with zero attached hydrogens (tertiary/aromatic N) is 2. The zero-order valence-corrected chi connectivity index (χ0v) is 31.9. The van der Waals surface area contributed by atoms with Crippen LogP contribution in [0.3, 0.4) is 0 Å². The Bertz CT molecular complexity index is 1220. The van der Waals surface area contributed by atoms with E-state index in [1.54, 1.807) is 9.80 Å². The molecule has 52 heavy (non-hydrogen) atoms. The topological polar surface area (TPSA) is 135 Å². The number of aliphatic hydroxyl groups is 2. The summed E-state index contributed by atoms with van der Waals surface area (Å²) in [5.74, 6) is -0.0539. The quantitative estimate of drug-likeness (QED) is 0.0840. The molecule has 1 aliphatic rings. The number of hydrogen-bond donors (Lipinski definition) is 3. The van der Waals surface area contributed by atoms with Gasteiger partial charge in [0.15, 0.2) is 6.29 Å². The van der Waals surface area contributed by atoms with Crippen molar-refractivity contribution in [3.05, 3.63) is 66.2 Å². The van der Waals surface area contributed by atoms with Gasteiger partial charge >= 0.3 is 6.09 Å². The van der Waals surface area contributed by atoms with Crippen molar-refractivity contribution in [1.82, 2.24) is 4.90 Å². The molecule has 1 aliphatic heterocycles. The highest BCUT2D eigenvalue weighted by molar-refractivity contribution is 5.87. The van der Waals surface area contributed by atoms with E-state index in [0.29, 0.717) is 31.6 Å². The van der Waals surface area contributed by atoms with Gasteiger partial charge in [0.2, 0.25) is 5.91 Å². The normalized spacial score (nSPS) is 20.1. The number of hydrogen-bond acceptors (Lipinski definition) is 8. The van der Waals surface area contributed by atoms with Gasteiger partial charge < -0.3 is 35.1 Å². The lowest BCUT2D eigenvalue weighted by atomic mass is 9.97. The highest BCUT2D eigenvalue weighted by Crippen LogP contribution is 2.23. The number of rotatable bonds is 26. The maximum atomic E-state index is 13.7. The Hall–Kier alpha value is -3.02. The van der Waals surface area contributed by atoms with E-state index in [-0.39, 0.29) is 19.1 Å². The van der Waals surface area contributed by atoms with Gasteiger partial charge in [-0.2, -0.15) is 0 Å². The van der Waals surface area contributed by atoms with Gasteiger partial charge in [0.25, 0.3) is 0 Å². The second-order valence-electron chi connectivity index (χ2n) is 14.3. The Morgan fingerprint density at radius 1 is 0.731 bits per heavy atom. The summed E-state index contributed by atoms with van der Waals surface area (Å²) in [6, 6.07) is 17.9. The fraction of sp³-hybridized carbons (Fsp3) is 0.667. The molecule has 5 atom stereocenters. The predicted octanol–water partition coefficient (Wildman–Crippen LogP) is 7.73. The van der Waals surface area contributed by atoms with Crippen LogP contribution in [-0.2, 0) is 25.6 Å². The van der Waals surface area contributed by atoms with E-state index in [1.165, 1.54) is 84.2 Å². The number of carbonyl (C=O) groups excluding carboxylic acids is 2. The smallest absolute Gasteiger partial charge is 0.414 e. The van der Waals surface area contributed by atoms with Crippen LogP contribution in [-0.4, -0.2) is 84.5 Å². The maximum Gasteiger partial charge on any atom is 0.414 e. The van der Waals surface area contributed by atoms with E-state index in [0.717, 1.165) is 24.8 Å². The summed E-state index contributed by atoms with van der Waals surface area (Å²) in [6.07, 6.45) is 14.8.